The molecule has 2 aliphatic rings. The zero-order chi connectivity index (χ0) is 12.4. The van der Waals surface area contributed by atoms with Crippen molar-refractivity contribution in [2.45, 2.75) is 18.9 Å². The standard InChI is InChI=1S/C11H20N4O2.ClH/c1-13-11(17)14-10(16)6-15-4-7-2-3-9(12)8(7)5-15;/h7-9H,2-6,12H2,1H3,(H2,13,14,16,17);1H. The van der Waals surface area contributed by atoms with Crippen molar-refractivity contribution in [2.75, 3.05) is 26.7 Å². The van der Waals surface area contributed by atoms with Crippen molar-refractivity contribution in [3.63, 3.8) is 0 Å². The summed E-state index contributed by atoms with van der Waals surface area (Å²) in [6.45, 7) is 2.10. The summed E-state index contributed by atoms with van der Waals surface area (Å²) in [6, 6.07) is -0.168. The highest BCUT2D eigenvalue weighted by atomic mass is 35.5. The molecule has 0 spiro atoms. The van der Waals surface area contributed by atoms with E-state index in [1.165, 1.54) is 13.5 Å². The highest BCUT2D eigenvalue weighted by molar-refractivity contribution is 5.95. The highest BCUT2D eigenvalue weighted by Gasteiger charge is 2.41. The van der Waals surface area contributed by atoms with Gasteiger partial charge in [0.15, 0.2) is 0 Å². The van der Waals surface area contributed by atoms with Gasteiger partial charge in [0.05, 0.1) is 6.54 Å². The van der Waals surface area contributed by atoms with Crippen LogP contribution in [0.1, 0.15) is 12.8 Å². The smallest absolute Gasteiger partial charge is 0.321 e. The van der Waals surface area contributed by atoms with Crippen molar-refractivity contribution < 1.29 is 9.59 Å². The highest BCUT2D eigenvalue weighted by Crippen LogP contribution is 2.36. The van der Waals surface area contributed by atoms with Crippen LogP contribution in [0.25, 0.3) is 0 Å². The number of rotatable bonds is 2. The summed E-state index contributed by atoms with van der Waals surface area (Å²) in [5, 5.41) is 4.63. The number of halogens is 1. The molecule has 18 heavy (non-hydrogen) atoms. The number of carbonyl (C=O) groups is 2. The van der Waals surface area contributed by atoms with Crippen LogP contribution < -0.4 is 16.4 Å². The molecule has 7 heteroatoms. The maximum Gasteiger partial charge on any atom is 0.321 e. The Kier molecular flexibility index (Phi) is 5.37. The van der Waals surface area contributed by atoms with Crippen molar-refractivity contribution in [1.29, 1.82) is 0 Å². The van der Waals surface area contributed by atoms with E-state index in [1.54, 1.807) is 0 Å². The van der Waals surface area contributed by atoms with Gasteiger partial charge in [-0.05, 0) is 24.7 Å². The number of imide groups is 1. The van der Waals surface area contributed by atoms with Crippen molar-refractivity contribution >= 4 is 24.3 Å². The summed E-state index contributed by atoms with van der Waals surface area (Å²) in [5.74, 6) is 0.915. The number of hydrogen-bond donors (Lipinski definition) is 3. The van der Waals surface area contributed by atoms with Crippen LogP contribution in [-0.4, -0.2) is 49.6 Å². The van der Waals surface area contributed by atoms with Gasteiger partial charge in [-0.15, -0.1) is 12.4 Å². The lowest BCUT2D eigenvalue weighted by atomic mass is 9.98. The molecule has 4 N–H and O–H groups in total. The van der Waals surface area contributed by atoms with E-state index in [4.69, 9.17) is 5.73 Å². The lowest BCUT2D eigenvalue weighted by molar-refractivity contribution is -0.121. The Bertz CT molecular complexity index is 326. The molecule has 1 heterocycles. The van der Waals surface area contributed by atoms with E-state index in [9.17, 15) is 9.59 Å². The van der Waals surface area contributed by atoms with Crippen LogP contribution in [-0.2, 0) is 4.79 Å². The molecule has 0 radical (unpaired) electrons. The minimum absolute atomic E-state index is 0. The molecule has 1 saturated carbocycles. The Labute approximate surface area is 113 Å². The first-order valence-corrected chi connectivity index (χ1v) is 6.09. The van der Waals surface area contributed by atoms with Gasteiger partial charge in [0.1, 0.15) is 0 Å². The molecule has 3 amide bonds. The zero-order valence-corrected chi connectivity index (χ0v) is 11.3. The predicted octanol–water partition coefficient (Wildman–Crippen LogP) is -0.467. The van der Waals surface area contributed by atoms with Crippen LogP contribution in [0, 0.1) is 11.8 Å². The van der Waals surface area contributed by atoms with E-state index in [0.717, 1.165) is 19.5 Å². The van der Waals surface area contributed by atoms with E-state index >= 15 is 0 Å². The van der Waals surface area contributed by atoms with E-state index in [1.807, 2.05) is 0 Å². The molecule has 104 valence electrons. The number of amides is 3. The maximum atomic E-state index is 11.5. The van der Waals surface area contributed by atoms with E-state index in [0.29, 0.717) is 11.8 Å². The first kappa shape index (κ1) is 15.2. The number of nitrogens with one attached hydrogen (secondary N) is 2. The van der Waals surface area contributed by atoms with Crippen molar-refractivity contribution in [2.24, 2.45) is 17.6 Å². The molecule has 0 aromatic carbocycles. The lowest BCUT2D eigenvalue weighted by Crippen LogP contribution is -2.43. The molecule has 3 unspecified atom stereocenters. The number of fused-ring (bicyclic) bond motifs is 1. The molecule has 1 aliphatic heterocycles. The second-order valence-electron chi connectivity index (χ2n) is 4.99. The van der Waals surface area contributed by atoms with Gasteiger partial charge < -0.3 is 11.1 Å². The monoisotopic (exact) mass is 276 g/mol. The van der Waals surface area contributed by atoms with Crippen LogP contribution >= 0.6 is 12.4 Å². The van der Waals surface area contributed by atoms with E-state index < -0.39 is 6.03 Å². The van der Waals surface area contributed by atoms with Gasteiger partial charge in [-0.25, -0.2) is 4.79 Å². The summed E-state index contributed by atoms with van der Waals surface area (Å²) in [4.78, 5) is 24.6. The Morgan fingerprint density at radius 2 is 2.06 bits per heavy atom. The molecular formula is C11H21ClN4O2. The summed E-state index contributed by atoms with van der Waals surface area (Å²) >= 11 is 0. The first-order valence-electron chi connectivity index (χ1n) is 6.09. The Morgan fingerprint density at radius 1 is 1.33 bits per heavy atom. The van der Waals surface area contributed by atoms with Gasteiger partial charge in [0.2, 0.25) is 5.91 Å². The largest absolute Gasteiger partial charge is 0.341 e. The fraction of sp³-hybridized carbons (Fsp3) is 0.818. The molecular weight excluding hydrogens is 256 g/mol. The molecule has 1 saturated heterocycles. The first-order chi connectivity index (χ1) is 8.10. The van der Waals surface area contributed by atoms with Gasteiger partial charge in [-0.2, -0.15) is 0 Å². The third kappa shape index (κ3) is 3.34. The fourth-order valence-corrected chi connectivity index (χ4v) is 2.96. The number of urea groups is 1. The molecule has 0 aromatic rings. The number of nitrogens with two attached hydrogens (primary N) is 1. The minimum atomic E-state index is -0.453. The molecule has 6 nitrogen and oxygen atoms in total. The van der Waals surface area contributed by atoms with Gasteiger partial charge in [-0.1, -0.05) is 0 Å². The quantitative estimate of drug-likeness (QED) is 0.637. The minimum Gasteiger partial charge on any atom is -0.341 e. The van der Waals surface area contributed by atoms with Crippen LogP contribution in [0.15, 0.2) is 0 Å². The average Bonchev–Trinajstić information content (AvgIpc) is 2.81. The van der Waals surface area contributed by atoms with Gasteiger partial charge >= 0.3 is 6.03 Å². The second kappa shape index (κ2) is 6.36. The van der Waals surface area contributed by atoms with Crippen LogP contribution in [0.3, 0.4) is 0 Å². The van der Waals surface area contributed by atoms with Gasteiger partial charge in [0.25, 0.3) is 0 Å². The summed E-state index contributed by atoms with van der Waals surface area (Å²) in [6.07, 6.45) is 2.27. The third-order valence-electron chi connectivity index (χ3n) is 3.84. The lowest BCUT2D eigenvalue weighted by Gasteiger charge is -2.17. The fourth-order valence-electron chi connectivity index (χ4n) is 2.96. The molecule has 2 fully saturated rings. The summed E-state index contributed by atoms with van der Waals surface area (Å²) in [5.41, 5.74) is 6.02. The van der Waals surface area contributed by atoms with E-state index in [-0.39, 0.29) is 30.9 Å². The molecule has 0 aromatic heterocycles. The average molecular weight is 277 g/mol. The maximum absolute atomic E-state index is 11.5. The Morgan fingerprint density at radius 3 is 2.67 bits per heavy atom. The SMILES string of the molecule is CNC(=O)NC(=O)CN1CC2CCC(N)C2C1.Cl. The van der Waals surface area contributed by atoms with Crippen LogP contribution in [0.2, 0.25) is 0 Å². The second-order valence-corrected chi connectivity index (χ2v) is 4.99. The van der Waals surface area contributed by atoms with Crippen molar-refractivity contribution in [1.82, 2.24) is 15.5 Å². The van der Waals surface area contributed by atoms with Crippen molar-refractivity contribution in [3.8, 4) is 0 Å². The number of hydrogen-bond acceptors (Lipinski definition) is 4. The van der Waals surface area contributed by atoms with Crippen molar-refractivity contribution in [3.05, 3.63) is 0 Å². The number of nitrogens with zero attached hydrogens (tertiary/aromatic N) is 1. The molecule has 3 atom stereocenters. The van der Waals surface area contributed by atoms with E-state index in [2.05, 4.69) is 15.5 Å². The molecule has 0 bridgehead atoms. The number of likely N-dealkylation sites (tertiary alicyclic amines) is 1. The van der Waals surface area contributed by atoms with Gasteiger partial charge in [-0.3, -0.25) is 15.0 Å². The van der Waals surface area contributed by atoms with Crippen LogP contribution in [0.4, 0.5) is 4.79 Å². The molecule has 1 aliphatic carbocycles. The Hall–Kier alpha value is -0.850. The van der Waals surface area contributed by atoms with Gasteiger partial charge in [0, 0.05) is 26.2 Å². The zero-order valence-electron chi connectivity index (χ0n) is 10.5. The normalized spacial score (nSPS) is 30.4. The Balaban J connectivity index is 0.00000162. The topological polar surface area (TPSA) is 87.5 Å². The summed E-state index contributed by atoms with van der Waals surface area (Å²) < 4.78 is 0. The summed E-state index contributed by atoms with van der Waals surface area (Å²) in [7, 11) is 1.49. The third-order valence-corrected chi connectivity index (χ3v) is 3.84. The predicted molar refractivity (Wildman–Crippen MR) is 70.5 cm³/mol. The van der Waals surface area contributed by atoms with Crippen LogP contribution in [0.5, 0.6) is 0 Å². The number of carbonyl (C=O) groups excluding carboxylic acids is 2. The molecule has 2 rings (SSSR count).